The van der Waals surface area contributed by atoms with Crippen LogP contribution in [-0.4, -0.2) is 37.7 Å². The fraction of sp³-hybridized carbons (Fsp3) is 0.158. The first kappa shape index (κ1) is 18.1. The van der Waals surface area contributed by atoms with Crippen molar-refractivity contribution >= 4 is 29.0 Å². The van der Waals surface area contributed by atoms with E-state index in [1.54, 1.807) is 22.9 Å². The Morgan fingerprint density at radius 2 is 2.14 bits per heavy atom. The van der Waals surface area contributed by atoms with E-state index in [-0.39, 0.29) is 6.42 Å². The number of nitrogen functional groups attached to an aromatic ring is 1. The van der Waals surface area contributed by atoms with Crippen molar-refractivity contribution in [1.29, 1.82) is 5.26 Å². The zero-order valence-corrected chi connectivity index (χ0v) is 15.2. The highest BCUT2D eigenvalue weighted by Gasteiger charge is 2.26. The number of aromatic nitrogens is 5. The van der Waals surface area contributed by atoms with Gasteiger partial charge in [0.2, 0.25) is 5.82 Å². The van der Waals surface area contributed by atoms with Crippen LogP contribution in [0.15, 0.2) is 47.2 Å². The fourth-order valence-corrected chi connectivity index (χ4v) is 3.06. The third kappa shape index (κ3) is 3.37. The molecule has 1 aromatic carbocycles. The number of carbonyl (C=O) groups excluding carboxylic acids is 1. The van der Waals surface area contributed by atoms with Crippen LogP contribution in [0.25, 0.3) is 22.6 Å². The van der Waals surface area contributed by atoms with Crippen molar-refractivity contribution in [2.24, 2.45) is 0 Å². The summed E-state index contributed by atoms with van der Waals surface area (Å²) in [5.41, 5.74) is 8.09. The molecule has 3 heterocycles. The molecule has 0 radical (unpaired) electrons. The lowest BCUT2D eigenvalue weighted by atomic mass is 10.1. The Morgan fingerprint density at radius 3 is 2.90 bits per heavy atom. The van der Waals surface area contributed by atoms with Crippen molar-refractivity contribution < 1.29 is 9.42 Å². The number of nitriles is 1. The van der Waals surface area contributed by atoms with Gasteiger partial charge in [0.05, 0.1) is 23.5 Å². The first-order chi connectivity index (χ1) is 14.2. The van der Waals surface area contributed by atoms with E-state index < -0.39 is 6.04 Å². The van der Waals surface area contributed by atoms with E-state index >= 15 is 0 Å². The van der Waals surface area contributed by atoms with Gasteiger partial charge >= 0.3 is 0 Å². The Bertz CT molecular complexity index is 1190. The van der Waals surface area contributed by atoms with Crippen LogP contribution < -0.4 is 11.1 Å². The summed E-state index contributed by atoms with van der Waals surface area (Å²) in [5.74, 6) is 1.11. The van der Waals surface area contributed by atoms with E-state index in [4.69, 9.17) is 15.6 Å². The minimum Gasteiger partial charge on any atom is -0.384 e. The average molecular weight is 388 g/mol. The normalized spacial score (nSPS) is 11.8. The highest BCUT2D eigenvalue weighted by molar-refractivity contribution is 5.84. The summed E-state index contributed by atoms with van der Waals surface area (Å²) < 4.78 is 6.66. The summed E-state index contributed by atoms with van der Waals surface area (Å²) in [6.07, 6.45) is 2.65. The lowest BCUT2D eigenvalue weighted by Gasteiger charge is -2.16. The quantitative estimate of drug-likeness (QED) is 0.359. The topological polar surface area (TPSA) is 149 Å². The molecule has 1 atom stereocenters. The third-order valence-electron chi connectivity index (χ3n) is 4.38. The number of nitrogens with zero attached hydrogens (tertiary/aromatic N) is 6. The molecular formula is C19H16N8O2. The molecule has 3 N–H and O–H groups in total. The number of pyridine rings is 1. The molecule has 0 saturated heterocycles. The highest BCUT2D eigenvalue weighted by Crippen LogP contribution is 2.32. The number of rotatable bonds is 7. The van der Waals surface area contributed by atoms with Gasteiger partial charge in [-0.25, -0.2) is 14.6 Å². The SMILES string of the molecule is N#CCCNc1nonc1-c1nc2ccccc2n1C(C=O)c1ccc(N)nc1. The maximum Gasteiger partial charge on any atom is 0.202 e. The maximum atomic E-state index is 12.1. The van der Waals surface area contributed by atoms with Gasteiger partial charge in [-0.1, -0.05) is 18.2 Å². The van der Waals surface area contributed by atoms with E-state index in [0.29, 0.717) is 40.8 Å². The molecule has 3 aromatic heterocycles. The van der Waals surface area contributed by atoms with E-state index in [0.717, 1.165) is 11.8 Å². The summed E-state index contributed by atoms with van der Waals surface area (Å²) >= 11 is 0. The molecule has 0 spiro atoms. The van der Waals surface area contributed by atoms with Gasteiger partial charge in [0.25, 0.3) is 0 Å². The molecule has 0 aliphatic heterocycles. The molecule has 4 aromatic rings. The number of anilines is 2. The third-order valence-corrected chi connectivity index (χ3v) is 4.38. The first-order valence-electron chi connectivity index (χ1n) is 8.80. The van der Waals surface area contributed by atoms with E-state index in [1.807, 2.05) is 24.3 Å². The van der Waals surface area contributed by atoms with Crippen LogP contribution >= 0.6 is 0 Å². The first-order valence-corrected chi connectivity index (χ1v) is 8.80. The molecule has 144 valence electrons. The summed E-state index contributed by atoms with van der Waals surface area (Å²) in [6.45, 7) is 0.372. The summed E-state index contributed by atoms with van der Waals surface area (Å²) in [6, 6.07) is 12.1. The molecule has 0 saturated carbocycles. The molecule has 4 rings (SSSR count). The van der Waals surface area contributed by atoms with Crippen molar-refractivity contribution in [3.05, 3.63) is 48.2 Å². The maximum absolute atomic E-state index is 12.1. The van der Waals surface area contributed by atoms with Crippen molar-refractivity contribution in [2.75, 3.05) is 17.6 Å². The molecule has 0 amide bonds. The molecule has 29 heavy (non-hydrogen) atoms. The number of para-hydroxylation sites is 2. The summed E-state index contributed by atoms with van der Waals surface area (Å²) in [7, 11) is 0. The smallest absolute Gasteiger partial charge is 0.202 e. The largest absolute Gasteiger partial charge is 0.384 e. The predicted octanol–water partition coefficient (Wildman–Crippen LogP) is 2.18. The molecule has 0 fully saturated rings. The van der Waals surface area contributed by atoms with Crippen LogP contribution in [0, 0.1) is 11.3 Å². The van der Waals surface area contributed by atoms with Gasteiger partial charge in [0.1, 0.15) is 18.1 Å². The van der Waals surface area contributed by atoms with Crippen molar-refractivity contribution in [3.63, 3.8) is 0 Å². The van der Waals surface area contributed by atoms with Gasteiger partial charge in [-0.15, -0.1) is 0 Å². The van der Waals surface area contributed by atoms with E-state index in [9.17, 15) is 4.79 Å². The minimum absolute atomic E-state index is 0.288. The molecule has 0 bridgehead atoms. The Kier molecular flexibility index (Phi) is 4.86. The number of nitrogens with two attached hydrogens (primary N) is 1. The van der Waals surface area contributed by atoms with Crippen molar-refractivity contribution in [1.82, 2.24) is 24.8 Å². The lowest BCUT2D eigenvalue weighted by molar-refractivity contribution is -0.109. The highest BCUT2D eigenvalue weighted by atomic mass is 16.6. The van der Waals surface area contributed by atoms with Gasteiger partial charge in [0.15, 0.2) is 11.5 Å². The van der Waals surface area contributed by atoms with Crippen LogP contribution in [0.3, 0.4) is 0 Å². The van der Waals surface area contributed by atoms with Crippen molar-refractivity contribution in [3.8, 4) is 17.6 Å². The van der Waals surface area contributed by atoms with Gasteiger partial charge in [-0.3, -0.25) is 0 Å². The van der Waals surface area contributed by atoms with Gasteiger partial charge in [0, 0.05) is 18.3 Å². The van der Waals surface area contributed by atoms with Crippen LogP contribution in [0.2, 0.25) is 0 Å². The van der Waals surface area contributed by atoms with Crippen LogP contribution in [-0.2, 0) is 4.79 Å². The van der Waals surface area contributed by atoms with E-state index in [1.165, 1.54) is 0 Å². The number of fused-ring (bicyclic) bond motifs is 1. The number of imidazole rings is 1. The molecule has 0 aliphatic carbocycles. The standard InChI is InChI=1S/C19H16N8O2/c20-8-3-9-22-18-17(25-29-26-18)19-24-13-4-1-2-5-14(13)27(19)15(11-28)12-6-7-16(21)23-10-12/h1-2,4-7,10-11,15H,3,9H2,(H2,21,23)(H,22,26). The number of benzene rings is 1. The number of aldehydes is 1. The molecule has 0 aliphatic rings. The number of hydrogen-bond acceptors (Lipinski definition) is 9. The molecule has 10 nitrogen and oxygen atoms in total. The Morgan fingerprint density at radius 1 is 1.28 bits per heavy atom. The second-order valence-electron chi connectivity index (χ2n) is 6.19. The number of nitrogens with one attached hydrogen (secondary N) is 1. The number of carbonyl (C=O) groups is 1. The second-order valence-corrected chi connectivity index (χ2v) is 6.19. The minimum atomic E-state index is -0.714. The van der Waals surface area contributed by atoms with Gasteiger partial charge in [-0.2, -0.15) is 5.26 Å². The number of hydrogen-bond donors (Lipinski definition) is 2. The monoisotopic (exact) mass is 388 g/mol. The zero-order valence-electron chi connectivity index (χ0n) is 15.2. The Hall–Kier alpha value is -4.26. The Balaban J connectivity index is 1.88. The lowest BCUT2D eigenvalue weighted by Crippen LogP contribution is -2.14. The molecule has 1 unspecified atom stereocenters. The Labute approximate surface area is 164 Å². The summed E-state index contributed by atoms with van der Waals surface area (Å²) in [4.78, 5) is 20.9. The van der Waals surface area contributed by atoms with Crippen LogP contribution in [0.5, 0.6) is 0 Å². The zero-order chi connectivity index (χ0) is 20.2. The van der Waals surface area contributed by atoms with E-state index in [2.05, 4.69) is 31.7 Å². The van der Waals surface area contributed by atoms with Crippen LogP contribution in [0.4, 0.5) is 11.6 Å². The fourth-order valence-electron chi connectivity index (χ4n) is 3.06. The van der Waals surface area contributed by atoms with Crippen molar-refractivity contribution in [2.45, 2.75) is 12.5 Å². The van der Waals surface area contributed by atoms with Crippen LogP contribution in [0.1, 0.15) is 18.0 Å². The van der Waals surface area contributed by atoms with Gasteiger partial charge in [-0.05, 0) is 28.5 Å². The molecular weight excluding hydrogens is 372 g/mol. The predicted molar refractivity (Wildman–Crippen MR) is 105 cm³/mol. The van der Waals surface area contributed by atoms with Gasteiger partial charge < -0.3 is 20.4 Å². The second kappa shape index (κ2) is 7.77. The summed E-state index contributed by atoms with van der Waals surface area (Å²) in [5, 5.41) is 19.6. The molecule has 10 heteroatoms. The average Bonchev–Trinajstić information content (AvgIpc) is 3.35.